The van der Waals surface area contributed by atoms with Gasteiger partial charge in [0, 0.05) is 25.3 Å². The molecule has 2 aromatic heterocycles. The fourth-order valence-corrected chi connectivity index (χ4v) is 7.46. The van der Waals surface area contributed by atoms with Crippen molar-refractivity contribution in [1.29, 1.82) is 0 Å². The van der Waals surface area contributed by atoms with Crippen LogP contribution in [-0.4, -0.2) is 24.6 Å². The maximum atomic E-state index is 13.3. The Morgan fingerprint density at radius 3 is 2.32 bits per heavy atom. The molecular weight excluding hydrogens is 575 g/mol. The van der Waals surface area contributed by atoms with Gasteiger partial charge in [0.15, 0.2) is 0 Å². The summed E-state index contributed by atoms with van der Waals surface area (Å²) in [5.41, 5.74) is 5.44. The SMILES string of the molecule is CCn1c(=O)/c(=C2\C=Cc3ccccc3N2C)s/c1=C\c1sc2ccccc2[n+]1C.Cc1ccc(S(=O)(=O)[O-])cc1. The third-order valence-corrected chi connectivity index (χ3v) is 10.0. The summed E-state index contributed by atoms with van der Waals surface area (Å²) in [6.45, 7) is 4.49. The first-order valence-corrected chi connectivity index (χ1v) is 16.0. The molecule has 0 bridgehead atoms. The monoisotopic (exact) mass is 603 g/mol. The second-order valence-electron chi connectivity index (χ2n) is 9.53. The van der Waals surface area contributed by atoms with Crippen LogP contribution in [0, 0.1) is 6.92 Å². The number of anilines is 1. The molecule has 0 saturated heterocycles. The highest BCUT2D eigenvalue weighted by Gasteiger charge is 2.18. The van der Waals surface area contributed by atoms with E-state index in [0.29, 0.717) is 6.54 Å². The zero-order chi connectivity index (χ0) is 29.3. The molecule has 1 aliphatic rings. The Morgan fingerprint density at radius 2 is 1.63 bits per heavy atom. The second-order valence-corrected chi connectivity index (χ2v) is 13.0. The van der Waals surface area contributed by atoms with Gasteiger partial charge in [0.25, 0.3) is 10.6 Å². The molecule has 210 valence electrons. The number of fused-ring (bicyclic) bond motifs is 2. The largest absolute Gasteiger partial charge is 0.744 e. The summed E-state index contributed by atoms with van der Waals surface area (Å²) in [5, 5.41) is 1.13. The molecule has 0 saturated carbocycles. The van der Waals surface area contributed by atoms with E-state index < -0.39 is 10.1 Å². The lowest BCUT2D eigenvalue weighted by molar-refractivity contribution is -0.642. The third-order valence-electron chi connectivity index (χ3n) is 6.87. The molecule has 0 N–H and O–H groups in total. The van der Waals surface area contributed by atoms with E-state index in [1.807, 2.05) is 37.6 Å². The molecule has 0 fully saturated rings. The summed E-state index contributed by atoms with van der Waals surface area (Å²) in [5.74, 6) is 0. The van der Waals surface area contributed by atoms with Crippen LogP contribution >= 0.6 is 22.7 Å². The van der Waals surface area contributed by atoms with Gasteiger partial charge < -0.3 is 9.45 Å². The molecule has 7 nitrogen and oxygen atoms in total. The zero-order valence-electron chi connectivity index (χ0n) is 23.1. The van der Waals surface area contributed by atoms with Crippen LogP contribution in [0.2, 0.25) is 0 Å². The first-order valence-electron chi connectivity index (χ1n) is 12.9. The molecule has 0 spiro atoms. The molecule has 0 atom stereocenters. The zero-order valence-corrected chi connectivity index (χ0v) is 25.5. The first kappa shape index (κ1) is 28.7. The number of benzene rings is 3. The number of aromatic nitrogens is 2. The number of hydrogen-bond acceptors (Lipinski definition) is 7. The van der Waals surface area contributed by atoms with Gasteiger partial charge in [-0.25, -0.2) is 8.42 Å². The minimum absolute atomic E-state index is 0.0726. The normalized spacial score (nSPS) is 14.7. The molecule has 0 radical (unpaired) electrons. The fourth-order valence-electron chi connectivity index (χ4n) is 4.62. The Balaban J connectivity index is 0.000000259. The molecule has 10 heteroatoms. The Kier molecular flexibility index (Phi) is 8.10. The van der Waals surface area contributed by atoms with E-state index in [2.05, 4.69) is 71.1 Å². The van der Waals surface area contributed by atoms with E-state index in [-0.39, 0.29) is 10.5 Å². The summed E-state index contributed by atoms with van der Waals surface area (Å²) in [6, 6.07) is 22.4. The van der Waals surface area contributed by atoms with Crippen molar-refractivity contribution in [3.05, 3.63) is 115 Å². The number of nitrogens with zero attached hydrogens (tertiary/aromatic N) is 3. The first-order chi connectivity index (χ1) is 19.6. The standard InChI is InChI=1S/C24H22N3OS2.C7H8O3S/c1-4-27-22(15-21-26(3)18-11-7-8-12-20(18)29-21)30-23(24(27)28)19-14-13-16-9-5-6-10-17(16)25(19)2;1-6-2-4-7(5-3-6)11(8,9)10/h5-15H,4H2,1-3H3;2-5H,1H3,(H,8,9,10)/q+1;/p-1/b23-19-;. The second kappa shape index (κ2) is 11.6. The summed E-state index contributed by atoms with van der Waals surface area (Å²) in [7, 11) is -0.159. The van der Waals surface area contributed by atoms with Crippen molar-refractivity contribution < 1.29 is 17.5 Å². The van der Waals surface area contributed by atoms with E-state index in [0.717, 1.165) is 31.2 Å². The number of thiazole rings is 2. The Hall–Kier alpha value is -3.83. The van der Waals surface area contributed by atoms with Crippen LogP contribution in [0.1, 0.15) is 23.1 Å². The minimum atomic E-state index is -4.27. The van der Waals surface area contributed by atoms with Crippen molar-refractivity contribution in [3.63, 3.8) is 0 Å². The molecule has 1 aliphatic heterocycles. The molecule has 41 heavy (non-hydrogen) atoms. The van der Waals surface area contributed by atoms with Gasteiger partial charge in [-0.2, -0.15) is 4.57 Å². The predicted molar refractivity (Wildman–Crippen MR) is 167 cm³/mol. The van der Waals surface area contributed by atoms with E-state index in [1.54, 1.807) is 34.8 Å². The van der Waals surface area contributed by atoms with Crippen LogP contribution in [0.3, 0.4) is 0 Å². The fraction of sp³-hybridized carbons (Fsp3) is 0.161. The van der Waals surface area contributed by atoms with Gasteiger partial charge in [-0.3, -0.25) is 9.36 Å². The van der Waals surface area contributed by atoms with Gasteiger partial charge in [-0.05, 0) is 49.8 Å². The number of para-hydroxylation sites is 2. The average Bonchev–Trinajstić information content (AvgIpc) is 3.44. The van der Waals surface area contributed by atoms with E-state index in [1.165, 1.54) is 27.9 Å². The van der Waals surface area contributed by atoms with Crippen molar-refractivity contribution in [3.8, 4) is 0 Å². The van der Waals surface area contributed by atoms with Gasteiger partial charge in [0.05, 0.1) is 16.7 Å². The highest BCUT2D eigenvalue weighted by Crippen LogP contribution is 2.29. The molecule has 0 aliphatic carbocycles. The lowest BCUT2D eigenvalue weighted by atomic mass is 10.1. The van der Waals surface area contributed by atoms with Crippen molar-refractivity contribution >= 4 is 66.5 Å². The summed E-state index contributed by atoms with van der Waals surface area (Å²) in [6.07, 6.45) is 6.29. The highest BCUT2D eigenvalue weighted by atomic mass is 32.2. The lowest BCUT2D eigenvalue weighted by Gasteiger charge is -2.25. The van der Waals surface area contributed by atoms with Crippen LogP contribution in [-0.2, 0) is 23.7 Å². The van der Waals surface area contributed by atoms with Crippen LogP contribution in [0.5, 0.6) is 0 Å². The summed E-state index contributed by atoms with van der Waals surface area (Å²) in [4.78, 5) is 15.2. The smallest absolute Gasteiger partial charge is 0.271 e. The maximum absolute atomic E-state index is 13.3. The Labute approximate surface area is 246 Å². The van der Waals surface area contributed by atoms with Gasteiger partial charge in [0.1, 0.15) is 31.1 Å². The van der Waals surface area contributed by atoms with Gasteiger partial charge in [0.2, 0.25) is 5.52 Å². The molecule has 0 unspecified atom stereocenters. The number of likely N-dealkylation sites (N-methyl/N-ethyl adjacent to an activating group) is 1. The topological polar surface area (TPSA) is 86.3 Å². The van der Waals surface area contributed by atoms with Crippen LogP contribution in [0.4, 0.5) is 5.69 Å². The van der Waals surface area contributed by atoms with Gasteiger partial charge >= 0.3 is 0 Å². The predicted octanol–water partition coefficient (Wildman–Crippen LogP) is 3.97. The average molecular weight is 604 g/mol. The molecule has 3 heterocycles. The van der Waals surface area contributed by atoms with E-state index in [4.69, 9.17) is 0 Å². The van der Waals surface area contributed by atoms with Crippen molar-refractivity contribution in [1.82, 2.24) is 4.57 Å². The third kappa shape index (κ3) is 5.82. The van der Waals surface area contributed by atoms with Gasteiger partial charge in [-0.1, -0.05) is 65.4 Å². The van der Waals surface area contributed by atoms with Crippen molar-refractivity contribution in [2.24, 2.45) is 7.05 Å². The quantitative estimate of drug-likeness (QED) is 0.230. The van der Waals surface area contributed by atoms with E-state index >= 15 is 0 Å². The van der Waals surface area contributed by atoms with Crippen LogP contribution in [0.25, 0.3) is 28.1 Å². The summed E-state index contributed by atoms with van der Waals surface area (Å²) < 4.78 is 38.2. The molecule has 3 aromatic carbocycles. The number of rotatable bonds is 3. The minimum Gasteiger partial charge on any atom is -0.744 e. The number of aryl methyl sites for hydroxylation is 2. The van der Waals surface area contributed by atoms with Gasteiger partial charge in [-0.15, -0.1) is 11.3 Å². The van der Waals surface area contributed by atoms with Crippen LogP contribution in [0.15, 0.2) is 88.6 Å². The number of hydrogen-bond donors (Lipinski definition) is 0. The van der Waals surface area contributed by atoms with Crippen molar-refractivity contribution in [2.75, 3.05) is 11.9 Å². The highest BCUT2D eigenvalue weighted by molar-refractivity contribution is 7.85. The molecule has 0 amide bonds. The van der Waals surface area contributed by atoms with Crippen molar-refractivity contribution in [2.45, 2.75) is 25.3 Å². The lowest BCUT2D eigenvalue weighted by Crippen LogP contribution is -2.35. The molecule has 5 aromatic rings. The Morgan fingerprint density at radius 1 is 0.951 bits per heavy atom. The summed E-state index contributed by atoms with van der Waals surface area (Å²) >= 11 is 3.31. The maximum Gasteiger partial charge on any atom is 0.271 e. The van der Waals surface area contributed by atoms with E-state index in [9.17, 15) is 17.8 Å². The van der Waals surface area contributed by atoms with Crippen LogP contribution < -0.4 is 24.2 Å². The molecular formula is C31H29N3O4S3. The Bertz CT molecular complexity index is 2070. The molecule has 6 rings (SSSR count).